The second-order valence-electron chi connectivity index (χ2n) is 4.41. The molecule has 18 heavy (non-hydrogen) atoms. The summed E-state index contributed by atoms with van der Waals surface area (Å²) < 4.78 is 41.4. The lowest BCUT2D eigenvalue weighted by Crippen LogP contribution is -2.20. The van der Waals surface area contributed by atoms with Gasteiger partial charge in [0.1, 0.15) is 16.5 Å². The second-order valence-corrected chi connectivity index (χ2v) is 6.94. The molecule has 0 aromatic heterocycles. The van der Waals surface area contributed by atoms with Gasteiger partial charge in [-0.05, 0) is 43.9 Å². The van der Waals surface area contributed by atoms with E-state index in [1.807, 2.05) is 0 Å². The Hall–Kier alpha value is -0.810. The molecule has 0 bridgehead atoms. The summed E-state index contributed by atoms with van der Waals surface area (Å²) in [7, 11) is 1.28. The van der Waals surface area contributed by atoms with Gasteiger partial charge in [-0.25, -0.2) is 12.8 Å². The van der Waals surface area contributed by atoms with Crippen LogP contribution < -0.4 is 4.74 Å². The van der Waals surface area contributed by atoms with Crippen molar-refractivity contribution >= 4 is 19.7 Å². The Labute approximate surface area is 110 Å². The lowest BCUT2D eigenvalue weighted by molar-refractivity contribution is 0.151. The molecule has 0 radical (unpaired) electrons. The fraction of sp³-hybridized carbons (Fsp3) is 0.500. The predicted molar refractivity (Wildman–Crippen MR) is 66.9 cm³/mol. The van der Waals surface area contributed by atoms with E-state index in [1.165, 1.54) is 18.6 Å². The highest BCUT2D eigenvalue weighted by atomic mass is 35.7. The summed E-state index contributed by atoms with van der Waals surface area (Å²) in [4.78, 5) is -0.297. The molecule has 1 saturated carbocycles. The van der Waals surface area contributed by atoms with Crippen LogP contribution >= 0.6 is 10.7 Å². The average Bonchev–Trinajstić information content (AvgIpc) is 2.31. The molecule has 6 heteroatoms. The van der Waals surface area contributed by atoms with Gasteiger partial charge < -0.3 is 4.74 Å². The lowest BCUT2D eigenvalue weighted by atomic mass is 9.98. The van der Waals surface area contributed by atoms with Crippen molar-refractivity contribution in [2.24, 2.45) is 0 Å². The highest BCUT2D eigenvalue weighted by Gasteiger charge is 2.22. The molecule has 1 aliphatic carbocycles. The van der Waals surface area contributed by atoms with Crippen molar-refractivity contribution in [1.82, 2.24) is 0 Å². The summed E-state index contributed by atoms with van der Waals surface area (Å²) in [5, 5.41) is 0. The van der Waals surface area contributed by atoms with Crippen LogP contribution in [0.5, 0.6) is 5.75 Å². The summed E-state index contributed by atoms with van der Waals surface area (Å²) in [6.07, 6.45) is 5.06. The maximum Gasteiger partial charge on any atom is 0.265 e. The summed E-state index contributed by atoms with van der Waals surface area (Å²) in [5.41, 5.74) is 0. The quantitative estimate of drug-likeness (QED) is 0.801. The van der Waals surface area contributed by atoms with Crippen molar-refractivity contribution in [3.05, 3.63) is 24.0 Å². The highest BCUT2D eigenvalue weighted by Crippen LogP contribution is 2.31. The van der Waals surface area contributed by atoms with Gasteiger partial charge in [0, 0.05) is 10.7 Å². The lowest BCUT2D eigenvalue weighted by Gasteiger charge is -2.23. The van der Waals surface area contributed by atoms with Crippen molar-refractivity contribution in [3.63, 3.8) is 0 Å². The molecule has 0 spiro atoms. The molecule has 0 N–H and O–H groups in total. The molecule has 0 saturated heterocycles. The normalized spacial score (nSPS) is 17.7. The average molecular weight is 293 g/mol. The molecule has 1 aliphatic rings. The van der Waals surface area contributed by atoms with E-state index < -0.39 is 14.9 Å². The highest BCUT2D eigenvalue weighted by molar-refractivity contribution is 8.13. The first-order valence-electron chi connectivity index (χ1n) is 5.88. The van der Waals surface area contributed by atoms with Crippen molar-refractivity contribution in [2.75, 3.05) is 0 Å². The van der Waals surface area contributed by atoms with E-state index in [4.69, 9.17) is 15.4 Å². The Bertz CT molecular complexity index is 524. The Morgan fingerprint density at radius 3 is 2.50 bits per heavy atom. The van der Waals surface area contributed by atoms with Crippen molar-refractivity contribution in [2.45, 2.75) is 43.1 Å². The maximum absolute atomic E-state index is 13.1. The molecule has 0 atom stereocenters. The van der Waals surface area contributed by atoms with Crippen LogP contribution in [0.4, 0.5) is 4.39 Å². The molecule has 3 nitrogen and oxygen atoms in total. The van der Waals surface area contributed by atoms with Crippen molar-refractivity contribution in [3.8, 4) is 5.75 Å². The van der Waals surface area contributed by atoms with Gasteiger partial charge in [-0.15, -0.1) is 0 Å². The molecule has 2 rings (SSSR count). The minimum Gasteiger partial charge on any atom is -0.489 e. The summed E-state index contributed by atoms with van der Waals surface area (Å²) >= 11 is 0. The first-order chi connectivity index (χ1) is 8.47. The third kappa shape index (κ3) is 3.36. The smallest absolute Gasteiger partial charge is 0.265 e. The van der Waals surface area contributed by atoms with Crippen molar-refractivity contribution in [1.29, 1.82) is 0 Å². The van der Waals surface area contributed by atoms with E-state index in [2.05, 4.69) is 0 Å². The van der Waals surface area contributed by atoms with Gasteiger partial charge in [0.15, 0.2) is 0 Å². The maximum atomic E-state index is 13.1. The van der Waals surface area contributed by atoms with Gasteiger partial charge in [-0.1, -0.05) is 6.42 Å². The number of benzene rings is 1. The molecule has 1 fully saturated rings. The molecule has 0 amide bonds. The van der Waals surface area contributed by atoms with Gasteiger partial charge in [-0.2, -0.15) is 0 Å². The number of halogens is 2. The summed E-state index contributed by atoms with van der Waals surface area (Å²) in [6, 6.07) is 3.38. The fourth-order valence-electron chi connectivity index (χ4n) is 2.13. The zero-order valence-electron chi connectivity index (χ0n) is 9.73. The molecule has 100 valence electrons. The van der Waals surface area contributed by atoms with Crippen molar-refractivity contribution < 1.29 is 17.5 Å². The van der Waals surface area contributed by atoms with Gasteiger partial charge in [0.05, 0.1) is 6.10 Å². The van der Waals surface area contributed by atoms with E-state index >= 15 is 0 Å². The molecule has 1 aromatic carbocycles. The molecule has 1 aromatic rings. The van der Waals surface area contributed by atoms with Crippen LogP contribution in [0.3, 0.4) is 0 Å². The van der Waals surface area contributed by atoms with Gasteiger partial charge in [-0.3, -0.25) is 0 Å². The van der Waals surface area contributed by atoms with Crippen LogP contribution in [0.15, 0.2) is 23.1 Å². The number of ether oxygens (including phenoxy) is 1. The van der Waals surface area contributed by atoms with Gasteiger partial charge in [0.25, 0.3) is 9.05 Å². The second kappa shape index (κ2) is 5.45. The van der Waals surface area contributed by atoms with E-state index in [0.717, 1.165) is 31.7 Å². The zero-order valence-corrected chi connectivity index (χ0v) is 11.3. The van der Waals surface area contributed by atoms with Crippen LogP contribution in [0.25, 0.3) is 0 Å². The third-order valence-electron chi connectivity index (χ3n) is 3.01. The Kier molecular flexibility index (Phi) is 4.12. The van der Waals surface area contributed by atoms with E-state index in [0.29, 0.717) is 0 Å². The minimum absolute atomic E-state index is 0.0126. The number of hydrogen-bond acceptors (Lipinski definition) is 3. The minimum atomic E-state index is -4.00. The van der Waals surface area contributed by atoms with Gasteiger partial charge >= 0.3 is 0 Å². The van der Waals surface area contributed by atoms with E-state index in [1.54, 1.807) is 0 Å². The molecule has 0 heterocycles. The number of rotatable bonds is 3. The van der Waals surface area contributed by atoms with Crippen LogP contribution in [-0.4, -0.2) is 14.5 Å². The SMILES string of the molecule is O=S(=O)(Cl)c1cc(F)ccc1OC1CCCCC1. The topological polar surface area (TPSA) is 43.4 Å². The predicted octanol–water partition coefficient (Wildman–Crippen LogP) is 3.46. The largest absolute Gasteiger partial charge is 0.489 e. The van der Waals surface area contributed by atoms with E-state index in [-0.39, 0.29) is 16.7 Å². The first kappa shape index (κ1) is 13.6. The summed E-state index contributed by atoms with van der Waals surface area (Å²) in [6.45, 7) is 0. The Balaban J connectivity index is 2.26. The Morgan fingerprint density at radius 2 is 1.89 bits per heavy atom. The standard InChI is InChI=1S/C12H14ClFO3S/c13-18(15,16)12-8-9(14)6-7-11(12)17-10-4-2-1-3-5-10/h6-8,10H,1-5H2. The summed E-state index contributed by atoms with van der Waals surface area (Å²) in [5.74, 6) is -0.511. The van der Waals surface area contributed by atoms with Crippen LogP contribution in [0.2, 0.25) is 0 Å². The zero-order chi connectivity index (χ0) is 13.2. The van der Waals surface area contributed by atoms with Crippen LogP contribution in [0, 0.1) is 5.82 Å². The molecular formula is C12H14ClFO3S. The third-order valence-corrected chi connectivity index (χ3v) is 4.36. The molecular weight excluding hydrogens is 279 g/mol. The Morgan fingerprint density at radius 1 is 1.22 bits per heavy atom. The molecule has 0 unspecified atom stereocenters. The fourth-order valence-corrected chi connectivity index (χ4v) is 3.10. The van der Waals surface area contributed by atoms with Crippen LogP contribution in [0.1, 0.15) is 32.1 Å². The number of hydrogen-bond donors (Lipinski definition) is 0. The first-order valence-corrected chi connectivity index (χ1v) is 8.18. The van der Waals surface area contributed by atoms with Gasteiger partial charge in [0.2, 0.25) is 0 Å². The van der Waals surface area contributed by atoms with Crippen LogP contribution in [-0.2, 0) is 9.05 Å². The monoisotopic (exact) mass is 292 g/mol. The van der Waals surface area contributed by atoms with E-state index in [9.17, 15) is 12.8 Å². The molecule has 0 aliphatic heterocycles.